The molecule has 1 aliphatic rings. The number of allylic oxidation sites excluding steroid dienone is 2. The Kier molecular flexibility index (Phi) is 7.48. The summed E-state index contributed by atoms with van der Waals surface area (Å²) < 4.78 is 0. The molecule has 0 aromatic heterocycles. The van der Waals surface area contributed by atoms with E-state index in [9.17, 15) is 0 Å². The zero-order valence-electron chi connectivity index (χ0n) is 14.2. The summed E-state index contributed by atoms with van der Waals surface area (Å²) in [5.41, 5.74) is 1.65. The Morgan fingerprint density at radius 2 is 1.74 bits per heavy atom. The standard InChI is InChI=1S/C22H27N/c1-2-3-4-7-19-10-12-20(13-11-19)8-5-6-9-21-14-16-22(18-23)17-15-21/h5,8,14-17,19-20H,2-4,7,10-13H2,1H3. The maximum Gasteiger partial charge on any atom is 0.0991 e. The molecule has 0 amide bonds. The van der Waals surface area contributed by atoms with E-state index in [-0.39, 0.29) is 0 Å². The molecular weight excluding hydrogens is 278 g/mol. The first-order valence-electron chi connectivity index (χ1n) is 9.00. The van der Waals surface area contributed by atoms with Crippen molar-refractivity contribution in [3.63, 3.8) is 0 Å². The van der Waals surface area contributed by atoms with E-state index >= 15 is 0 Å². The quantitative estimate of drug-likeness (QED) is 0.494. The third kappa shape index (κ3) is 6.33. The van der Waals surface area contributed by atoms with Crippen molar-refractivity contribution in [1.82, 2.24) is 0 Å². The minimum absolute atomic E-state index is 0.682. The summed E-state index contributed by atoms with van der Waals surface area (Å²) in [7, 11) is 0. The number of rotatable bonds is 5. The molecule has 0 atom stereocenters. The van der Waals surface area contributed by atoms with Crippen LogP contribution in [0, 0.1) is 35.0 Å². The molecule has 1 saturated carbocycles. The number of hydrogen-bond donors (Lipinski definition) is 0. The molecule has 23 heavy (non-hydrogen) atoms. The van der Waals surface area contributed by atoms with Crippen LogP contribution in [0.1, 0.15) is 69.4 Å². The molecule has 2 rings (SSSR count). The third-order valence-corrected chi connectivity index (χ3v) is 4.79. The fourth-order valence-corrected chi connectivity index (χ4v) is 3.29. The van der Waals surface area contributed by atoms with E-state index in [4.69, 9.17) is 5.26 Å². The Morgan fingerprint density at radius 1 is 1.04 bits per heavy atom. The fraction of sp³-hybridized carbons (Fsp3) is 0.500. The average molecular weight is 305 g/mol. The molecule has 0 heterocycles. The van der Waals surface area contributed by atoms with Gasteiger partial charge < -0.3 is 0 Å². The normalized spacial score (nSPS) is 20.7. The van der Waals surface area contributed by atoms with E-state index in [0.29, 0.717) is 11.5 Å². The number of hydrogen-bond acceptors (Lipinski definition) is 1. The van der Waals surface area contributed by atoms with Crippen molar-refractivity contribution in [2.45, 2.75) is 58.3 Å². The van der Waals surface area contributed by atoms with E-state index in [1.54, 1.807) is 0 Å². The number of nitriles is 1. The lowest BCUT2D eigenvalue weighted by molar-refractivity contribution is 0.289. The highest BCUT2D eigenvalue weighted by atomic mass is 14.2. The number of nitrogens with zero attached hydrogens (tertiary/aromatic N) is 1. The summed E-state index contributed by atoms with van der Waals surface area (Å²) in [6.45, 7) is 2.28. The second-order valence-electron chi connectivity index (χ2n) is 6.59. The number of unbranched alkanes of at least 4 members (excludes halogenated alkanes) is 2. The topological polar surface area (TPSA) is 23.8 Å². The van der Waals surface area contributed by atoms with E-state index in [2.05, 4.69) is 30.9 Å². The largest absolute Gasteiger partial charge is 0.192 e. The van der Waals surface area contributed by atoms with Crippen LogP contribution in [0.15, 0.2) is 36.4 Å². The minimum atomic E-state index is 0.682. The van der Waals surface area contributed by atoms with Crippen LogP contribution in [0.25, 0.3) is 0 Å². The summed E-state index contributed by atoms with van der Waals surface area (Å²) in [6, 6.07) is 9.56. The smallest absolute Gasteiger partial charge is 0.0991 e. The van der Waals surface area contributed by atoms with E-state index in [1.165, 1.54) is 51.4 Å². The first kappa shape index (κ1) is 17.4. The zero-order chi connectivity index (χ0) is 16.3. The van der Waals surface area contributed by atoms with Crippen molar-refractivity contribution in [2.75, 3.05) is 0 Å². The molecule has 0 aliphatic heterocycles. The van der Waals surface area contributed by atoms with Crippen molar-refractivity contribution in [3.05, 3.63) is 47.5 Å². The summed E-state index contributed by atoms with van der Waals surface area (Å²) in [4.78, 5) is 0. The maximum absolute atomic E-state index is 8.77. The van der Waals surface area contributed by atoms with Gasteiger partial charge in [-0.2, -0.15) is 5.26 Å². The molecule has 120 valence electrons. The molecule has 0 N–H and O–H groups in total. The Balaban J connectivity index is 1.73. The van der Waals surface area contributed by atoms with Crippen LogP contribution in [0.5, 0.6) is 0 Å². The van der Waals surface area contributed by atoms with Crippen LogP contribution in [-0.2, 0) is 0 Å². The summed E-state index contributed by atoms with van der Waals surface area (Å²) in [6.07, 6.45) is 15.3. The first-order chi connectivity index (χ1) is 11.3. The van der Waals surface area contributed by atoms with Crippen molar-refractivity contribution >= 4 is 0 Å². The van der Waals surface area contributed by atoms with E-state index in [0.717, 1.165) is 11.5 Å². The van der Waals surface area contributed by atoms with E-state index in [1.807, 2.05) is 30.3 Å². The van der Waals surface area contributed by atoms with Gasteiger partial charge in [0.1, 0.15) is 0 Å². The van der Waals surface area contributed by atoms with Gasteiger partial charge in [0, 0.05) is 5.56 Å². The fourth-order valence-electron chi connectivity index (χ4n) is 3.29. The molecule has 0 saturated heterocycles. The molecule has 0 unspecified atom stereocenters. The van der Waals surface area contributed by atoms with E-state index < -0.39 is 0 Å². The van der Waals surface area contributed by atoms with Crippen molar-refractivity contribution < 1.29 is 0 Å². The third-order valence-electron chi connectivity index (χ3n) is 4.79. The predicted molar refractivity (Wildman–Crippen MR) is 96.8 cm³/mol. The molecule has 1 aromatic carbocycles. The van der Waals surface area contributed by atoms with Gasteiger partial charge in [0.2, 0.25) is 0 Å². The number of benzene rings is 1. The van der Waals surface area contributed by atoms with Gasteiger partial charge in [-0.1, -0.05) is 50.5 Å². The van der Waals surface area contributed by atoms with Crippen LogP contribution < -0.4 is 0 Å². The molecule has 1 fully saturated rings. The van der Waals surface area contributed by atoms with Crippen LogP contribution in [0.2, 0.25) is 0 Å². The molecule has 0 bridgehead atoms. The molecule has 0 spiro atoms. The van der Waals surface area contributed by atoms with Gasteiger partial charge in [0.25, 0.3) is 0 Å². The Morgan fingerprint density at radius 3 is 2.39 bits per heavy atom. The Hall–Kier alpha value is -1.99. The van der Waals surface area contributed by atoms with Crippen molar-refractivity contribution in [3.8, 4) is 17.9 Å². The monoisotopic (exact) mass is 305 g/mol. The molecule has 1 aliphatic carbocycles. The molecule has 1 heteroatoms. The molecular formula is C22H27N. The summed E-state index contributed by atoms with van der Waals surface area (Å²) >= 11 is 0. The highest BCUT2D eigenvalue weighted by molar-refractivity contribution is 5.41. The summed E-state index contributed by atoms with van der Waals surface area (Å²) in [5, 5.41) is 8.77. The predicted octanol–water partition coefficient (Wildman–Crippen LogP) is 5.85. The lowest BCUT2D eigenvalue weighted by atomic mass is 9.79. The second kappa shape index (κ2) is 9.91. The van der Waals surface area contributed by atoms with Gasteiger partial charge in [-0.3, -0.25) is 0 Å². The maximum atomic E-state index is 8.77. The highest BCUT2D eigenvalue weighted by Crippen LogP contribution is 2.32. The van der Waals surface area contributed by atoms with Gasteiger partial charge in [0.05, 0.1) is 11.6 Å². The average Bonchev–Trinajstić information content (AvgIpc) is 2.61. The zero-order valence-corrected chi connectivity index (χ0v) is 14.2. The summed E-state index contributed by atoms with van der Waals surface area (Å²) in [5.74, 6) is 7.94. The van der Waals surface area contributed by atoms with Crippen molar-refractivity contribution in [1.29, 1.82) is 5.26 Å². The molecule has 1 nitrogen and oxygen atoms in total. The first-order valence-corrected chi connectivity index (χ1v) is 9.00. The van der Waals surface area contributed by atoms with Gasteiger partial charge in [-0.25, -0.2) is 0 Å². The lowest BCUT2D eigenvalue weighted by Gasteiger charge is -2.26. The Labute approximate surface area is 141 Å². The van der Waals surface area contributed by atoms with Crippen molar-refractivity contribution in [2.24, 2.45) is 11.8 Å². The van der Waals surface area contributed by atoms with Crippen LogP contribution in [-0.4, -0.2) is 0 Å². The second-order valence-corrected chi connectivity index (χ2v) is 6.59. The SMILES string of the molecule is CCCCCC1CCC(C=CC#Cc2ccc(C#N)cc2)CC1. The van der Waals surface area contributed by atoms with Crippen LogP contribution in [0.4, 0.5) is 0 Å². The molecule has 1 aromatic rings. The van der Waals surface area contributed by atoms with Gasteiger partial charge in [-0.15, -0.1) is 0 Å². The van der Waals surface area contributed by atoms with Crippen LogP contribution in [0.3, 0.4) is 0 Å². The minimum Gasteiger partial charge on any atom is -0.192 e. The van der Waals surface area contributed by atoms with Gasteiger partial charge in [0.15, 0.2) is 0 Å². The molecule has 0 radical (unpaired) electrons. The lowest BCUT2D eigenvalue weighted by Crippen LogP contribution is -2.12. The van der Waals surface area contributed by atoms with Gasteiger partial charge in [-0.05, 0) is 67.9 Å². The highest BCUT2D eigenvalue weighted by Gasteiger charge is 2.18. The van der Waals surface area contributed by atoms with Crippen LogP contribution >= 0.6 is 0 Å². The van der Waals surface area contributed by atoms with Gasteiger partial charge >= 0.3 is 0 Å². The Bertz CT molecular complexity index is 584.